The first kappa shape index (κ1) is 21.4. The predicted molar refractivity (Wildman–Crippen MR) is 124 cm³/mol. The van der Waals surface area contributed by atoms with Crippen LogP contribution in [0.15, 0.2) is 35.8 Å². The maximum atomic E-state index is 12.8. The first-order valence-electron chi connectivity index (χ1n) is 10.1. The summed E-state index contributed by atoms with van der Waals surface area (Å²) in [6.07, 6.45) is 6.85. The zero-order chi connectivity index (χ0) is 21.5. The Hall–Kier alpha value is -2.27. The molecule has 3 rings (SSSR count). The molecule has 2 amide bonds. The molecule has 0 aliphatic carbocycles. The normalized spacial score (nSPS) is 20.8. The van der Waals surface area contributed by atoms with Crippen LogP contribution in [0.2, 0.25) is 0 Å². The van der Waals surface area contributed by atoms with Crippen LogP contribution in [-0.4, -0.2) is 34.2 Å². The van der Waals surface area contributed by atoms with Crippen LogP contribution in [0.4, 0.5) is 10.5 Å². The SMILES string of the molecule is C=CC(C)N1C(=O)S/C(=C/c2cc3c(cc2C)N(CCC)C(C)(C)C=C3C)C1=O. The molecule has 0 N–H and O–H groups in total. The average Bonchev–Trinajstić information content (AvgIpc) is 2.92. The van der Waals surface area contributed by atoms with Crippen molar-refractivity contribution in [1.82, 2.24) is 4.90 Å². The number of rotatable bonds is 5. The van der Waals surface area contributed by atoms with E-state index >= 15 is 0 Å². The number of carbonyl (C=O) groups is 2. The molecular weight excluding hydrogens is 380 g/mol. The third kappa shape index (κ3) is 3.80. The van der Waals surface area contributed by atoms with Gasteiger partial charge in [0.15, 0.2) is 0 Å². The van der Waals surface area contributed by atoms with E-state index in [0.717, 1.165) is 35.9 Å². The quantitative estimate of drug-likeness (QED) is 0.440. The third-order valence-electron chi connectivity index (χ3n) is 5.67. The van der Waals surface area contributed by atoms with Gasteiger partial charge in [0.25, 0.3) is 11.1 Å². The van der Waals surface area contributed by atoms with E-state index in [1.54, 1.807) is 13.0 Å². The van der Waals surface area contributed by atoms with E-state index in [9.17, 15) is 9.59 Å². The van der Waals surface area contributed by atoms with Crippen molar-refractivity contribution in [2.75, 3.05) is 11.4 Å². The van der Waals surface area contributed by atoms with Gasteiger partial charge in [-0.05, 0) is 87.7 Å². The zero-order valence-corrected chi connectivity index (χ0v) is 19.0. The van der Waals surface area contributed by atoms with Crippen molar-refractivity contribution in [2.24, 2.45) is 0 Å². The van der Waals surface area contributed by atoms with Crippen LogP contribution in [-0.2, 0) is 4.79 Å². The van der Waals surface area contributed by atoms with Gasteiger partial charge in [-0.15, -0.1) is 6.58 Å². The number of nitrogens with zero attached hydrogens (tertiary/aromatic N) is 2. The van der Waals surface area contributed by atoms with Crippen molar-refractivity contribution in [1.29, 1.82) is 0 Å². The Morgan fingerprint density at radius 1 is 1.24 bits per heavy atom. The molecule has 1 fully saturated rings. The van der Waals surface area contributed by atoms with Gasteiger partial charge in [0.2, 0.25) is 0 Å². The molecule has 1 saturated heterocycles. The molecule has 1 aromatic carbocycles. The Morgan fingerprint density at radius 3 is 2.55 bits per heavy atom. The minimum Gasteiger partial charge on any atom is -0.362 e. The maximum absolute atomic E-state index is 12.8. The van der Waals surface area contributed by atoms with Crippen LogP contribution in [0.1, 0.15) is 57.7 Å². The molecule has 0 radical (unpaired) electrons. The van der Waals surface area contributed by atoms with Crippen molar-refractivity contribution >= 4 is 40.2 Å². The number of imide groups is 1. The van der Waals surface area contributed by atoms with E-state index in [2.05, 4.69) is 64.3 Å². The van der Waals surface area contributed by atoms with Crippen molar-refractivity contribution in [3.8, 4) is 0 Å². The summed E-state index contributed by atoms with van der Waals surface area (Å²) in [4.78, 5) is 29.3. The number of carbonyl (C=O) groups excluding carboxylic acids is 2. The van der Waals surface area contributed by atoms with Gasteiger partial charge in [0.1, 0.15) is 0 Å². The summed E-state index contributed by atoms with van der Waals surface area (Å²) in [7, 11) is 0. The Morgan fingerprint density at radius 2 is 1.93 bits per heavy atom. The van der Waals surface area contributed by atoms with E-state index in [4.69, 9.17) is 0 Å². The van der Waals surface area contributed by atoms with Gasteiger partial charge >= 0.3 is 0 Å². The summed E-state index contributed by atoms with van der Waals surface area (Å²) >= 11 is 1.00. The van der Waals surface area contributed by atoms with Crippen molar-refractivity contribution in [3.05, 3.63) is 52.5 Å². The van der Waals surface area contributed by atoms with Crippen LogP contribution in [0.3, 0.4) is 0 Å². The average molecular weight is 411 g/mol. The Balaban J connectivity index is 2.05. The van der Waals surface area contributed by atoms with Gasteiger partial charge in [-0.2, -0.15) is 0 Å². The summed E-state index contributed by atoms with van der Waals surface area (Å²) in [6.45, 7) is 17.4. The molecule has 29 heavy (non-hydrogen) atoms. The summed E-state index contributed by atoms with van der Waals surface area (Å²) in [5.41, 5.74) is 5.70. The van der Waals surface area contributed by atoms with Crippen LogP contribution < -0.4 is 4.90 Å². The molecule has 1 atom stereocenters. The molecule has 0 aromatic heterocycles. The van der Waals surface area contributed by atoms with Gasteiger partial charge in [-0.3, -0.25) is 14.5 Å². The fourth-order valence-electron chi connectivity index (χ4n) is 4.11. The first-order valence-corrected chi connectivity index (χ1v) is 10.9. The summed E-state index contributed by atoms with van der Waals surface area (Å²) in [5, 5.41) is -0.240. The molecule has 154 valence electrons. The summed E-state index contributed by atoms with van der Waals surface area (Å²) in [6, 6.07) is 4.05. The number of hydrogen-bond donors (Lipinski definition) is 0. The van der Waals surface area contributed by atoms with Gasteiger partial charge < -0.3 is 4.90 Å². The molecule has 1 aromatic rings. The van der Waals surface area contributed by atoms with Gasteiger partial charge in [0, 0.05) is 17.8 Å². The molecule has 0 spiro atoms. The fraction of sp³-hybridized carbons (Fsp3) is 0.417. The van der Waals surface area contributed by atoms with E-state index in [1.807, 2.05) is 6.08 Å². The molecule has 4 nitrogen and oxygen atoms in total. The summed E-state index contributed by atoms with van der Waals surface area (Å²) < 4.78 is 0. The Bertz CT molecular complexity index is 942. The van der Waals surface area contributed by atoms with E-state index in [1.165, 1.54) is 21.7 Å². The monoisotopic (exact) mass is 410 g/mol. The number of thioether (sulfide) groups is 1. The molecule has 5 heteroatoms. The predicted octanol–water partition coefficient (Wildman–Crippen LogP) is 6.02. The van der Waals surface area contributed by atoms with Crippen molar-refractivity contribution in [2.45, 2.75) is 59.5 Å². The standard InChI is InChI=1S/C24H30N2O2S/c1-8-10-25-20-11-15(3)18(12-19(20)16(4)14-24(25,6)7)13-21-22(27)26(17(5)9-2)23(28)29-21/h9,11-14,17H,2,8,10H2,1,3-7H3/b21-13+. The summed E-state index contributed by atoms with van der Waals surface area (Å²) in [5.74, 6) is -0.245. The highest BCUT2D eigenvalue weighted by Gasteiger charge is 2.37. The lowest BCUT2D eigenvalue weighted by Crippen LogP contribution is -2.45. The highest BCUT2D eigenvalue weighted by molar-refractivity contribution is 8.18. The minimum atomic E-state index is -0.312. The van der Waals surface area contributed by atoms with Gasteiger partial charge in [-0.1, -0.05) is 19.1 Å². The second-order valence-corrected chi connectivity index (χ2v) is 9.38. The van der Waals surface area contributed by atoms with Crippen LogP contribution in [0.25, 0.3) is 11.6 Å². The smallest absolute Gasteiger partial charge is 0.294 e. The number of benzene rings is 1. The highest BCUT2D eigenvalue weighted by atomic mass is 32.2. The number of fused-ring (bicyclic) bond motifs is 1. The van der Waals surface area contributed by atoms with Crippen molar-refractivity contribution < 1.29 is 9.59 Å². The lowest BCUT2D eigenvalue weighted by atomic mass is 9.86. The first-order chi connectivity index (χ1) is 13.6. The molecular formula is C24H30N2O2S. The topological polar surface area (TPSA) is 40.6 Å². The lowest BCUT2D eigenvalue weighted by Gasteiger charge is -2.43. The van der Waals surface area contributed by atoms with Crippen LogP contribution in [0.5, 0.6) is 0 Å². The maximum Gasteiger partial charge on any atom is 0.294 e. The zero-order valence-electron chi connectivity index (χ0n) is 18.2. The Labute approximate surface area is 178 Å². The number of anilines is 1. The number of amides is 2. The van der Waals surface area contributed by atoms with Crippen molar-refractivity contribution in [3.63, 3.8) is 0 Å². The number of allylic oxidation sites excluding steroid dienone is 1. The third-order valence-corrected chi connectivity index (χ3v) is 6.55. The van der Waals surface area contributed by atoms with E-state index in [-0.39, 0.29) is 22.7 Å². The molecule has 1 unspecified atom stereocenters. The molecule has 2 heterocycles. The molecule has 2 aliphatic rings. The van der Waals surface area contributed by atoms with Gasteiger partial charge in [-0.25, -0.2) is 0 Å². The number of aryl methyl sites for hydroxylation is 1. The molecule has 0 bridgehead atoms. The Kier molecular flexibility index (Phi) is 5.81. The van der Waals surface area contributed by atoms with E-state index < -0.39 is 0 Å². The number of hydrogen-bond acceptors (Lipinski definition) is 4. The lowest BCUT2D eigenvalue weighted by molar-refractivity contribution is -0.123. The second-order valence-electron chi connectivity index (χ2n) is 8.39. The fourth-order valence-corrected chi connectivity index (χ4v) is 5.02. The van der Waals surface area contributed by atoms with Crippen LogP contribution in [0, 0.1) is 6.92 Å². The largest absolute Gasteiger partial charge is 0.362 e. The van der Waals surface area contributed by atoms with E-state index in [0.29, 0.717) is 4.91 Å². The van der Waals surface area contributed by atoms with Gasteiger partial charge in [0.05, 0.1) is 16.5 Å². The minimum absolute atomic E-state index is 0.0372. The second kappa shape index (κ2) is 7.86. The molecule has 2 aliphatic heterocycles. The molecule has 0 saturated carbocycles. The highest BCUT2D eigenvalue weighted by Crippen LogP contribution is 2.41. The van der Waals surface area contributed by atoms with Crippen LogP contribution >= 0.6 is 11.8 Å².